The lowest BCUT2D eigenvalue weighted by molar-refractivity contribution is -0.0446. The van der Waals surface area contributed by atoms with E-state index in [1.165, 1.54) is 3.97 Å². The van der Waals surface area contributed by atoms with Crippen molar-refractivity contribution in [2.24, 2.45) is 11.8 Å². The number of ether oxygens (including phenoxy) is 1. The standard InChI is InChI=1S/C23H28N4O4S/c1-31-15-16-7-9-17(10-8-16)23(28)26-14-20-19-11-12-27(22(19)24-13-21(20)25-26)32(29,30)18-5-3-2-4-6-18/h2-6,11-13,16-17,23,25,28H,7-10,14-15H2,1H3/t16-,17-,23?. The number of rotatable bonds is 6. The van der Waals surface area contributed by atoms with Crippen molar-refractivity contribution < 1.29 is 18.3 Å². The van der Waals surface area contributed by atoms with Gasteiger partial charge in [-0.3, -0.25) is 0 Å². The van der Waals surface area contributed by atoms with Crippen LogP contribution in [-0.4, -0.2) is 47.4 Å². The van der Waals surface area contributed by atoms with E-state index < -0.39 is 16.3 Å². The van der Waals surface area contributed by atoms with E-state index in [0.29, 0.717) is 18.1 Å². The van der Waals surface area contributed by atoms with Gasteiger partial charge in [-0.2, -0.15) is 5.01 Å². The van der Waals surface area contributed by atoms with Crippen molar-refractivity contribution >= 4 is 26.7 Å². The highest BCUT2D eigenvalue weighted by atomic mass is 32.2. The van der Waals surface area contributed by atoms with E-state index in [0.717, 1.165) is 48.9 Å². The molecule has 1 fully saturated rings. The van der Waals surface area contributed by atoms with Gasteiger partial charge in [-0.05, 0) is 49.8 Å². The van der Waals surface area contributed by atoms with Crippen LogP contribution in [0.3, 0.4) is 0 Å². The number of nitrogens with zero attached hydrogens (tertiary/aromatic N) is 3. The molecule has 1 saturated carbocycles. The number of hydrogen-bond donors (Lipinski definition) is 2. The van der Waals surface area contributed by atoms with Crippen molar-refractivity contribution in [3.05, 3.63) is 54.4 Å². The zero-order valence-corrected chi connectivity index (χ0v) is 18.8. The average molecular weight is 457 g/mol. The fourth-order valence-electron chi connectivity index (χ4n) is 4.95. The summed E-state index contributed by atoms with van der Waals surface area (Å²) >= 11 is 0. The number of aromatic nitrogens is 2. The van der Waals surface area contributed by atoms with Crippen LogP contribution in [0.1, 0.15) is 31.2 Å². The molecule has 32 heavy (non-hydrogen) atoms. The molecule has 2 aliphatic rings. The van der Waals surface area contributed by atoms with Crippen molar-refractivity contribution in [2.45, 2.75) is 43.4 Å². The topological polar surface area (TPSA) is 96.7 Å². The second-order valence-electron chi connectivity index (χ2n) is 8.71. The number of nitrogens with one attached hydrogen (secondary N) is 1. The number of hydrogen-bond acceptors (Lipinski definition) is 7. The van der Waals surface area contributed by atoms with Crippen LogP contribution in [0.4, 0.5) is 5.69 Å². The van der Waals surface area contributed by atoms with Gasteiger partial charge in [-0.15, -0.1) is 0 Å². The third kappa shape index (κ3) is 3.69. The number of methoxy groups -OCH3 is 1. The first kappa shape index (κ1) is 21.4. The molecule has 1 unspecified atom stereocenters. The van der Waals surface area contributed by atoms with Crippen molar-refractivity contribution in [2.75, 3.05) is 19.1 Å². The quantitative estimate of drug-likeness (QED) is 0.588. The third-order valence-corrected chi connectivity index (χ3v) is 8.40. The van der Waals surface area contributed by atoms with E-state index in [4.69, 9.17) is 4.74 Å². The minimum atomic E-state index is -3.74. The van der Waals surface area contributed by atoms with Crippen LogP contribution < -0.4 is 5.43 Å². The summed E-state index contributed by atoms with van der Waals surface area (Å²) in [6.07, 6.45) is 6.63. The normalized spacial score (nSPS) is 22.6. The van der Waals surface area contributed by atoms with Gasteiger partial charge in [0.05, 0.1) is 16.8 Å². The monoisotopic (exact) mass is 456 g/mol. The Hall–Kier alpha value is -2.46. The van der Waals surface area contributed by atoms with Crippen LogP contribution in [0, 0.1) is 11.8 Å². The number of aliphatic hydroxyl groups is 1. The van der Waals surface area contributed by atoms with E-state index >= 15 is 0 Å². The second-order valence-corrected chi connectivity index (χ2v) is 10.5. The van der Waals surface area contributed by atoms with Crippen molar-refractivity contribution in [1.82, 2.24) is 14.0 Å². The van der Waals surface area contributed by atoms with Crippen LogP contribution in [0.2, 0.25) is 0 Å². The Balaban J connectivity index is 1.37. The zero-order valence-electron chi connectivity index (χ0n) is 18.0. The fraction of sp³-hybridized carbons (Fsp3) is 0.435. The molecule has 1 aromatic carbocycles. The van der Waals surface area contributed by atoms with Gasteiger partial charge < -0.3 is 15.3 Å². The van der Waals surface area contributed by atoms with Crippen molar-refractivity contribution in [1.29, 1.82) is 0 Å². The zero-order chi connectivity index (χ0) is 22.3. The Morgan fingerprint density at radius 2 is 1.94 bits per heavy atom. The van der Waals surface area contributed by atoms with Gasteiger partial charge in [-0.25, -0.2) is 17.4 Å². The number of benzene rings is 1. The summed E-state index contributed by atoms with van der Waals surface area (Å²) in [4.78, 5) is 4.66. The highest BCUT2D eigenvalue weighted by Gasteiger charge is 2.34. The van der Waals surface area contributed by atoms with Crippen molar-refractivity contribution in [3.8, 4) is 0 Å². The molecule has 3 heterocycles. The molecule has 0 amide bonds. The maximum atomic E-state index is 13.1. The summed E-state index contributed by atoms with van der Waals surface area (Å²) < 4.78 is 32.7. The summed E-state index contributed by atoms with van der Waals surface area (Å²) in [5.74, 6) is 0.763. The average Bonchev–Trinajstić information content (AvgIpc) is 3.44. The lowest BCUT2D eigenvalue weighted by atomic mass is 9.81. The van der Waals surface area contributed by atoms with Gasteiger partial charge in [0.15, 0.2) is 5.65 Å². The molecule has 1 atom stereocenters. The Labute approximate surface area is 187 Å². The Morgan fingerprint density at radius 3 is 2.66 bits per heavy atom. The third-order valence-electron chi connectivity index (χ3n) is 6.72. The van der Waals surface area contributed by atoms with Crippen LogP contribution in [0.15, 0.2) is 53.7 Å². The van der Waals surface area contributed by atoms with Crippen molar-refractivity contribution in [3.63, 3.8) is 0 Å². The molecule has 3 aromatic rings. The summed E-state index contributed by atoms with van der Waals surface area (Å²) in [5.41, 5.74) is 5.42. The Kier molecular flexibility index (Phi) is 5.66. The van der Waals surface area contributed by atoms with E-state index in [2.05, 4.69) is 10.4 Å². The Bertz CT molecular complexity index is 1200. The lowest BCUT2D eigenvalue weighted by Gasteiger charge is -2.35. The second kappa shape index (κ2) is 8.47. The minimum Gasteiger partial charge on any atom is -0.384 e. The molecule has 0 saturated heterocycles. The van der Waals surface area contributed by atoms with E-state index in [9.17, 15) is 13.5 Å². The highest BCUT2D eigenvalue weighted by Crippen LogP contribution is 2.37. The number of aliphatic hydroxyl groups excluding tert-OH is 1. The minimum absolute atomic E-state index is 0.191. The molecular weight excluding hydrogens is 428 g/mol. The number of pyridine rings is 1. The molecule has 0 spiro atoms. The first-order valence-electron chi connectivity index (χ1n) is 11.0. The fourth-order valence-corrected chi connectivity index (χ4v) is 6.27. The van der Waals surface area contributed by atoms with E-state index in [1.54, 1.807) is 55.9 Å². The first-order chi connectivity index (χ1) is 15.5. The van der Waals surface area contributed by atoms with Crippen LogP contribution in [-0.2, 0) is 21.3 Å². The first-order valence-corrected chi connectivity index (χ1v) is 12.4. The molecule has 8 nitrogen and oxygen atoms in total. The van der Waals surface area contributed by atoms with Crippen LogP contribution >= 0.6 is 0 Å². The summed E-state index contributed by atoms with van der Waals surface area (Å²) in [6.45, 7) is 1.27. The lowest BCUT2D eigenvalue weighted by Crippen LogP contribution is -2.42. The maximum absolute atomic E-state index is 13.1. The molecule has 0 bridgehead atoms. The number of hydrazine groups is 1. The number of anilines is 1. The molecule has 170 valence electrons. The molecule has 0 radical (unpaired) electrons. The van der Waals surface area contributed by atoms with Gasteiger partial charge in [0, 0.05) is 43.3 Å². The number of fused-ring (bicyclic) bond motifs is 3. The van der Waals surface area contributed by atoms with Gasteiger partial charge >= 0.3 is 0 Å². The molecule has 9 heteroatoms. The Morgan fingerprint density at radius 1 is 1.19 bits per heavy atom. The van der Waals surface area contributed by atoms with Crippen LogP contribution in [0.25, 0.3) is 11.0 Å². The molecular formula is C23H28N4O4S. The summed E-state index contributed by atoms with van der Waals surface area (Å²) in [5, 5.41) is 13.6. The summed E-state index contributed by atoms with van der Waals surface area (Å²) in [7, 11) is -2.00. The van der Waals surface area contributed by atoms with Gasteiger partial charge in [-0.1, -0.05) is 18.2 Å². The molecule has 1 aliphatic heterocycles. The van der Waals surface area contributed by atoms with Gasteiger partial charge in [0.25, 0.3) is 10.0 Å². The van der Waals surface area contributed by atoms with Crippen LogP contribution in [0.5, 0.6) is 0 Å². The maximum Gasteiger partial charge on any atom is 0.269 e. The highest BCUT2D eigenvalue weighted by molar-refractivity contribution is 7.90. The largest absolute Gasteiger partial charge is 0.384 e. The SMILES string of the molecule is COC[C@H]1CC[C@H](C(O)N2Cc3c(cnc4c3ccn4S(=O)(=O)c3ccccc3)N2)CC1. The van der Waals surface area contributed by atoms with Gasteiger partial charge in [0.2, 0.25) is 0 Å². The predicted octanol–water partition coefficient (Wildman–Crippen LogP) is 3.19. The molecule has 2 aromatic heterocycles. The molecule has 1 aliphatic carbocycles. The van der Waals surface area contributed by atoms with Gasteiger partial charge in [0.1, 0.15) is 6.23 Å². The summed E-state index contributed by atoms with van der Waals surface area (Å²) in [6, 6.07) is 10.1. The predicted molar refractivity (Wildman–Crippen MR) is 121 cm³/mol. The molecule has 2 N–H and O–H groups in total. The van der Waals surface area contributed by atoms with E-state index in [-0.39, 0.29) is 10.8 Å². The smallest absolute Gasteiger partial charge is 0.269 e. The molecule has 5 rings (SSSR count). The van der Waals surface area contributed by atoms with E-state index in [1.807, 2.05) is 5.01 Å².